The highest BCUT2D eigenvalue weighted by molar-refractivity contribution is 5.91. The van der Waals surface area contributed by atoms with Crippen molar-refractivity contribution in [1.29, 1.82) is 0 Å². The number of carbonyl (C=O) groups excluding carboxylic acids is 2. The zero-order chi connectivity index (χ0) is 23.4. The highest BCUT2D eigenvalue weighted by atomic mass is 16.5. The van der Waals surface area contributed by atoms with E-state index in [1.807, 2.05) is 0 Å². The first-order chi connectivity index (χ1) is 15.6. The largest absolute Gasteiger partial charge is 0.461 e. The molecule has 0 bridgehead atoms. The Morgan fingerprint density at radius 1 is 0.781 bits per heavy atom. The Morgan fingerprint density at radius 2 is 1.38 bits per heavy atom. The van der Waals surface area contributed by atoms with Gasteiger partial charge in [-0.15, -0.1) is 0 Å². The molecule has 6 heteroatoms. The summed E-state index contributed by atoms with van der Waals surface area (Å²) in [7, 11) is 1.68. The van der Waals surface area contributed by atoms with E-state index in [1.54, 1.807) is 25.3 Å². The van der Waals surface area contributed by atoms with Crippen LogP contribution >= 0.6 is 0 Å². The second-order valence-corrected chi connectivity index (χ2v) is 8.41. The first-order valence-electron chi connectivity index (χ1n) is 12.4. The molecule has 182 valence electrons. The van der Waals surface area contributed by atoms with Crippen molar-refractivity contribution in [3.63, 3.8) is 0 Å². The maximum absolute atomic E-state index is 12.5. The van der Waals surface area contributed by atoms with Crippen LogP contribution in [0.1, 0.15) is 112 Å². The number of unbranched alkanes of at least 4 members (excludes halogenated alkanes) is 8. The summed E-state index contributed by atoms with van der Waals surface area (Å²) >= 11 is 0. The molecular weight excluding hydrogens is 406 g/mol. The van der Waals surface area contributed by atoms with Gasteiger partial charge in [0.05, 0.1) is 13.2 Å². The van der Waals surface area contributed by atoms with Gasteiger partial charge >= 0.3 is 11.9 Å². The number of hydrogen-bond donors (Lipinski definition) is 0. The zero-order valence-electron chi connectivity index (χ0n) is 20.4. The second-order valence-electron chi connectivity index (χ2n) is 8.41. The van der Waals surface area contributed by atoms with Crippen molar-refractivity contribution in [3.8, 4) is 0 Å². The van der Waals surface area contributed by atoms with Crippen LogP contribution in [-0.2, 0) is 14.2 Å². The lowest BCUT2D eigenvalue weighted by Crippen LogP contribution is -2.18. The van der Waals surface area contributed by atoms with Gasteiger partial charge in [-0.2, -0.15) is 0 Å². The van der Waals surface area contributed by atoms with Crippen LogP contribution in [0.4, 0.5) is 0 Å². The molecule has 0 saturated carbocycles. The van der Waals surface area contributed by atoms with Crippen LogP contribution in [0.3, 0.4) is 0 Å². The molecule has 0 fully saturated rings. The van der Waals surface area contributed by atoms with E-state index in [1.165, 1.54) is 38.5 Å². The van der Waals surface area contributed by atoms with Crippen LogP contribution in [0.5, 0.6) is 0 Å². The monoisotopic (exact) mass is 449 g/mol. The molecule has 0 radical (unpaired) electrons. The molecule has 0 aliphatic carbocycles. The summed E-state index contributed by atoms with van der Waals surface area (Å²) < 4.78 is 16.0. The summed E-state index contributed by atoms with van der Waals surface area (Å²) in [4.78, 5) is 28.9. The van der Waals surface area contributed by atoms with Crippen LogP contribution in [-0.4, -0.2) is 43.9 Å². The molecule has 1 aromatic rings. The molecule has 0 aromatic carbocycles. The highest BCUT2D eigenvalue weighted by Gasteiger charge is 2.17. The van der Waals surface area contributed by atoms with Crippen LogP contribution in [0.2, 0.25) is 0 Å². The number of carbonyl (C=O) groups is 2. The van der Waals surface area contributed by atoms with Gasteiger partial charge in [0.1, 0.15) is 11.4 Å². The van der Waals surface area contributed by atoms with E-state index >= 15 is 0 Å². The SMILES string of the molecule is CCCCCCCCCOC(=O)c1cccc(C(=O)OCC(CCCCC)CCOC)n1. The molecule has 1 heterocycles. The summed E-state index contributed by atoms with van der Waals surface area (Å²) in [6.07, 6.45) is 13.4. The summed E-state index contributed by atoms with van der Waals surface area (Å²) in [6, 6.07) is 4.77. The number of hydrogen-bond acceptors (Lipinski definition) is 6. The Morgan fingerprint density at radius 3 is 2.03 bits per heavy atom. The summed E-state index contributed by atoms with van der Waals surface area (Å²) in [5, 5.41) is 0. The molecule has 0 aliphatic heterocycles. The average Bonchev–Trinajstić information content (AvgIpc) is 2.82. The lowest BCUT2D eigenvalue weighted by atomic mass is 9.99. The highest BCUT2D eigenvalue weighted by Crippen LogP contribution is 2.16. The van der Waals surface area contributed by atoms with Crippen LogP contribution < -0.4 is 0 Å². The van der Waals surface area contributed by atoms with E-state index < -0.39 is 11.9 Å². The fourth-order valence-electron chi connectivity index (χ4n) is 3.51. The van der Waals surface area contributed by atoms with E-state index in [2.05, 4.69) is 18.8 Å². The fourth-order valence-corrected chi connectivity index (χ4v) is 3.51. The van der Waals surface area contributed by atoms with E-state index in [0.29, 0.717) is 19.8 Å². The standard InChI is InChI=1S/C26H43NO5/c1-4-6-8-9-10-11-13-19-31-25(28)23-16-14-17-24(27-23)26(29)32-21-22(18-20-30-3)15-12-7-5-2/h14,16-17,22H,4-13,15,18-21H2,1-3H3. The van der Waals surface area contributed by atoms with Gasteiger partial charge in [0.2, 0.25) is 0 Å². The van der Waals surface area contributed by atoms with Crippen molar-refractivity contribution in [2.24, 2.45) is 5.92 Å². The Hall–Kier alpha value is -1.95. The van der Waals surface area contributed by atoms with Crippen molar-refractivity contribution in [3.05, 3.63) is 29.6 Å². The Bertz CT molecular complexity index is 634. The van der Waals surface area contributed by atoms with E-state index in [0.717, 1.165) is 38.5 Å². The maximum atomic E-state index is 12.5. The third kappa shape index (κ3) is 12.8. The van der Waals surface area contributed by atoms with Crippen molar-refractivity contribution < 1.29 is 23.8 Å². The van der Waals surface area contributed by atoms with Crippen molar-refractivity contribution in [2.45, 2.75) is 90.9 Å². The normalized spacial score (nSPS) is 11.8. The first kappa shape index (κ1) is 28.1. The predicted molar refractivity (Wildman–Crippen MR) is 127 cm³/mol. The molecule has 32 heavy (non-hydrogen) atoms. The van der Waals surface area contributed by atoms with Crippen LogP contribution in [0.25, 0.3) is 0 Å². The van der Waals surface area contributed by atoms with Gasteiger partial charge in [-0.05, 0) is 37.3 Å². The Kier molecular flexibility index (Phi) is 16.3. The molecule has 1 unspecified atom stereocenters. The minimum absolute atomic E-state index is 0.134. The minimum atomic E-state index is -0.510. The molecule has 1 rings (SSSR count). The zero-order valence-corrected chi connectivity index (χ0v) is 20.4. The molecule has 0 aliphatic rings. The summed E-state index contributed by atoms with van der Waals surface area (Å²) in [6.45, 7) is 5.73. The number of aromatic nitrogens is 1. The molecule has 6 nitrogen and oxygen atoms in total. The third-order valence-electron chi connectivity index (χ3n) is 5.54. The van der Waals surface area contributed by atoms with Gasteiger partial charge in [0.25, 0.3) is 0 Å². The number of esters is 2. The first-order valence-corrected chi connectivity index (χ1v) is 12.4. The number of methoxy groups -OCH3 is 1. The topological polar surface area (TPSA) is 74.7 Å². The molecular formula is C26H43NO5. The van der Waals surface area contributed by atoms with E-state index in [-0.39, 0.29) is 17.3 Å². The molecule has 0 N–H and O–H groups in total. The van der Waals surface area contributed by atoms with Gasteiger partial charge < -0.3 is 14.2 Å². The fraction of sp³-hybridized carbons (Fsp3) is 0.731. The Balaban J connectivity index is 2.43. The van der Waals surface area contributed by atoms with Gasteiger partial charge in [-0.25, -0.2) is 14.6 Å². The van der Waals surface area contributed by atoms with Crippen LogP contribution in [0, 0.1) is 5.92 Å². The number of ether oxygens (including phenoxy) is 3. The third-order valence-corrected chi connectivity index (χ3v) is 5.54. The van der Waals surface area contributed by atoms with Gasteiger partial charge in [0.15, 0.2) is 0 Å². The van der Waals surface area contributed by atoms with E-state index in [4.69, 9.17) is 14.2 Å². The molecule has 0 amide bonds. The summed E-state index contributed by atoms with van der Waals surface area (Å²) in [5.74, 6) is -0.742. The number of pyridine rings is 1. The minimum Gasteiger partial charge on any atom is -0.461 e. The maximum Gasteiger partial charge on any atom is 0.356 e. The number of nitrogens with zero attached hydrogens (tertiary/aromatic N) is 1. The van der Waals surface area contributed by atoms with Crippen molar-refractivity contribution in [1.82, 2.24) is 4.98 Å². The Labute approximate surface area is 194 Å². The molecule has 0 spiro atoms. The lowest BCUT2D eigenvalue weighted by molar-refractivity contribution is 0.0392. The van der Waals surface area contributed by atoms with Crippen LogP contribution in [0.15, 0.2) is 18.2 Å². The van der Waals surface area contributed by atoms with Crippen molar-refractivity contribution in [2.75, 3.05) is 26.9 Å². The number of rotatable bonds is 19. The average molecular weight is 450 g/mol. The molecule has 1 atom stereocenters. The van der Waals surface area contributed by atoms with Gasteiger partial charge in [-0.1, -0.05) is 77.7 Å². The predicted octanol–water partition coefficient (Wildman–Crippen LogP) is 6.38. The quantitative estimate of drug-likeness (QED) is 0.180. The van der Waals surface area contributed by atoms with E-state index in [9.17, 15) is 9.59 Å². The second kappa shape index (κ2) is 18.6. The lowest BCUT2D eigenvalue weighted by Gasteiger charge is -2.16. The van der Waals surface area contributed by atoms with Crippen molar-refractivity contribution >= 4 is 11.9 Å². The molecule has 0 saturated heterocycles. The summed E-state index contributed by atoms with van der Waals surface area (Å²) in [5.41, 5.74) is 0.274. The smallest absolute Gasteiger partial charge is 0.356 e. The van der Waals surface area contributed by atoms with Gasteiger partial charge in [-0.3, -0.25) is 0 Å². The van der Waals surface area contributed by atoms with Gasteiger partial charge in [0, 0.05) is 13.7 Å². The molecule has 1 aromatic heterocycles.